The summed E-state index contributed by atoms with van der Waals surface area (Å²) < 4.78 is 0. The van der Waals surface area contributed by atoms with Gasteiger partial charge in [-0.3, -0.25) is 10.1 Å². The fraction of sp³-hybridized carbons (Fsp3) is 0.600. The SMILES string of the molecule is O=[N+]([O-])c1ccccc1N1CCC2(CCCC2)CC1. The van der Waals surface area contributed by atoms with Crippen LogP contribution in [0.2, 0.25) is 0 Å². The summed E-state index contributed by atoms with van der Waals surface area (Å²) >= 11 is 0. The van der Waals surface area contributed by atoms with Gasteiger partial charge in [0.25, 0.3) is 5.69 Å². The maximum atomic E-state index is 11.1. The van der Waals surface area contributed by atoms with E-state index in [4.69, 9.17) is 0 Å². The molecule has 0 radical (unpaired) electrons. The largest absolute Gasteiger partial charge is 0.366 e. The smallest absolute Gasteiger partial charge is 0.292 e. The number of piperidine rings is 1. The molecule has 0 bridgehead atoms. The quantitative estimate of drug-likeness (QED) is 0.601. The Morgan fingerprint density at radius 3 is 2.32 bits per heavy atom. The van der Waals surface area contributed by atoms with Crippen molar-refractivity contribution < 1.29 is 4.92 Å². The van der Waals surface area contributed by atoms with Gasteiger partial charge in [-0.1, -0.05) is 25.0 Å². The highest BCUT2D eigenvalue weighted by atomic mass is 16.6. The maximum absolute atomic E-state index is 11.1. The van der Waals surface area contributed by atoms with Gasteiger partial charge in [-0.2, -0.15) is 0 Å². The van der Waals surface area contributed by atoms with Crippen LogP contribution in [0.5, 0.6) is 0 Å². The maximum Gasteiger partial charge on any atom is 0.292 e. The van der Waals surface area contributed by atoms with Crippen LogP contribution in [-0.2, 0) is 0 Å². The van der Waals surface area contributed by atoms with Crippen molar-refractivity contribution in [3.63, 3.8) is 0 Å². The Balaban J connectivity index is 1.76. The lowest BCUT2D eigenvalue weighted by Gasteiger charge is -2.40. The molecule has 19 heavy (non-hydrogen) atoms. The summed E-state index contributed by atoms with van der Waals surface area (Å²) in [5.41, 5.74) is 1.59. The third-order valence-corrected chi connectivity index (χ3v) is 4.91. The van der Waals surface area contributed by atoms with E-state index in [-0.39, 0.29) is 10.6 Å². The first-order chi connectivity index (χ1) is 9.20. The lowest BCUT2D eigenvalue weighted by atomic mass is 9.77. The van der Waals surface area contributed by atoms with Crippen LogP contribution in [0.1, 0.15) is 38.5 Å². The van der Waals surface area contributed by atoms with E-state index in [0.29, 0.717) is 5.41 Å². The minimum absolute atomic E-state index is 0.241. The molecule has 4 heteroatoms. The summed E-state index contributed by atoms with van der Waals surface area (Å²) in [6.07, 6.45) is 7.84. The van der Waals surface area contributed by atoms with Crippen molar-refractivity contribution in [2.45, 2.75) is 38.5 Å². The molecule has 1 aromatic rings. The molecule has 4 nitrogen and oxygen atoms in total. The summed E-state index contributed by atoms with van der Waals surface area (Å²) in [5.74, 6) is 0. The van der Waals surface area contributed by atoms with Gasteiger partial charge in [-0.25, -0.2) is 0 Å². The summed E-state index contributed by atoms with van der Waals surface area (Å²) in [5, 5.41) is 11.1. The fourth-order valence-corrected chi connectivity index (χ4v) is 3.73. The van der Waals surface area contributed by atoms with Crippen molar-refractivity contribution in [3.05, 3.63) is 34.4 Å². The minimum Gasteiger partial charge on any atom is -0.366 e. The summed E-state index contributed by atoms with van der Waals surface area (Å²) in [7, 11) is 0. The molecule has 0 atom stereocenters. The Labute approximate surface area is 113 Å². The van der Waals surface area contributed by atoms with Gasteiger partial charge in [-0.05, 0) is 37.2 Å². The van der Waals surface area contributed by atoms with Crippen molar-refractivity contribution in [1.82, 2.24) is 0 Å². The van der Waals surface area contributed by atoms with Gasteiger partial charge >= 0.3 is 0 Å². The predicted molar refractivity (Wildman–Crippen MR) is 75.4 cm³/mol. The third kappa shape index (κ3) is 2.31. The number of para-hydroxylation sites is 2. The lowest BCUT2D eigenvalue weighted by molar-refractivity contribution is -0.384. The molecule has 0 unspecified atom stereocenters. The highest BCUT2D eigenvalue weighted by Gasteiger charge is 2.37. The zero-order valence-corrected chi connectivity index (χ0v) is 11.2. The van der Waals surface area contributed by atoms with E-state index in [0.717, 1.165) is 18.8 Å². The minimum atomic E-state index is -0.269. The summed E-state index contributed by atoms with van der Waals surface area (Å²) in [6.45, 7) is 1.93. The molecule has 102 valence electrons. The predicted octanol–water partition coefficient (Wildman–Crippen LogP) is 3.76. The molecule has 1 saturated heterocycles. The Kier molecular flexibility index (Phi) is 3.17. The second-order valence-corrected chi connectivity index (χ2v) is 5.94. The molecule has 0 aromatic heterocycles. The Hall–Kier alpha value is -1.58. The Bertz CT molecular complexity index is 471. The highest BCUT2D eigenvalue weighted by molar-refractivity contribution is 5.63. The van der Waals surface area contributed by atoms with Gasteiger partial charge in [0.1, 0.15) is 5.69 Å². The molecule has 1 aliphatic carbocycles. The number of anilines is 1. The van der Waals surface area contributed by atoms with E-state index < -0.39 is 0 Å². The summed E-state index contributed by atoms with van der Waals surface area (Å²) in [4.78, 5) is 13.0. The molecule has 1 saturated carbocycles. The average Bonchev–Trinajstić information content (AvgIpc) is 2.88. The van der Waals surface area contributed by atoms with E-state index >= 15 is 0 Å². The van der Waals surface area contributed by atoms with E-state index in [9.17, 15) is 10.1 Å². The van der Waals surface area contributed by atoms with Crippen LogP contribution in [0.15, 0.2) is 24.3 Å². The van der Waals surface area contributed by atoms with Gasteiger partial charge in [0.05, 0.1) is 4.92 Å². The first-order valence-corrected chi connectivity index (χ1v) is 7.19. The van der Waals surface area contributed by atoms with Crippen molar-refractivity contribution >= 4 is 11.4 Å². The van der Waals surface area contributed by atoms with E-state index in [1.165, 1.54) is 38.5 Å². The number of rotatable bonds is 2. The van der Waals surface area contributed by atoms with Crippen molar-refractivity contribution in [1.29, 1.82) is 0 Å². The van der Waals surface area contributed by atoms with Crippen molar-refractivity contribution in [2.75, 3.05) is 18.0 Å². The van der Waals surface area contributed by atoms with Crippen LogP contribution in [0.3, 0.4) is 0 Å². The lowest BCUT2D eigenvalue weighted by Crippen LogP contribution is -2.39. The number of hydrogen-bond donors (Lipinski definition) is 0. The van der Waals surface area contributed by atoms with Gasteiger partial charge in [0, 0.05) is 19.2 Å². The second kappa shape index (κ2) is 4.83. The molecule has 0 N–H and O–H groups in total. The molecule has 3 rings (SSSR count). The number of benzene rings is 1. The van der Waals surface area contributed by atoms with Crippen LogP contribution in [0.4, 0.5) is 11.4 Å². The van der Waals surface area contributed by atoms with E-state index in [1.54, 1.807) is 12.1 Å². The van der Waals surface area contributed by atoms with Crippen LogP contribution in [0.25, 0.3) is 0 Å². The van der Waals surface area contributed by atoms with Gasteiger partial charge in [0.15, 0.2) is 0 Å². The van der Waals surface area contributed by atoms with Crippen LogP contribution >= 0.6 is 0 Å². The first kappa shape index (κ1) is 12.5. The molecule has 1 aromatic carbocycles. The Morgan fingerprint density at radius 1 is 1.05 bits per heavy atom. The number of nitro benzene ring substituents is 1. The molecule has 0 amide bonds. The molecular formula is C15H20N2O2. The molecule has 1 aliphatic heterocycles. The zero-order chi connectivity index (χ0) is 13.3. The molecule has 1 heterocycles. The van der Waals surface area contributed by atoms with Crippen LogP contribution in [0, 0.1) is 15.5 Å². The van der Waals surface area contributed by atoms with Crippen LogP contribution < -0.4 is 4.90 Å². The third-order valence-electron chi connectivity index (χ3n) is 4.91. The van der Waals surface area contributed by atoms with E-state index in [1.807, 2.05) is 12.1 Å². The second-order valence-electron chi connectivity index (χ2n) is 5.94. The highest BCUT2D eigenvalue weighted by Crippen LogP contribution is 2.47. The van der Waals surface area contributed by atoms with Gasteiger partial charge in [-0.15, -0.1) is 0 Å². The number of nitrogens with zero attached hydrogens (tertiary/aromatic N) is 2. The molecular weight excluding hydrogens is 240 g/mol. The summed E-state index contributed by atoms with van der Waals surface area (Å²) in [6, 6.07) is 7.12. The zero-order valence-electron chi connectivity index (χ0n) is 11.2. The first-order valence-electron chi connectivity index (χ1n) is 7.19. The van der Waals surface area contributed by atoms with Crippen molar-refractivity contribution in [2.24, 2.45) is 5.41 Å². The number of hydrogen-bond acceptors (Lipinski definition) is 3. The molecule has 2 aliphatic rings. The monoisotopic (exact) mass is 260 g/mol. The van der Waals surface area contributed by atoms with Gasteiger partial charge in [0.2, 0.25) is 0 Å². The molecule has 1 spiro atoms. The molecule has 2 fully saturated rings. The van der Waals surface area contributed by atoms with Crippen LogP contribution in [-0.4, -0.2) is 18.0 Å². The van der Waals surface area contributed by atoms with E-state index in [2.05, 4.69) is 4.90 Å². The van der Waals surface area contributed by atoms with Gasteiger partial charge < -0.3 is 4.90 Å². The average molecular weight is 260 g/mol. The fourth-order valence-electron chi connectivity index (χ4n) is 3.73. The topological polar surface area (TPSA) is 46.4 Å². The normalized spacial score (nSPS) is 21.8. The standard InChI is InChI=1S/C15H20N2O2/c18-17(19)14-6-2-1-5-13(14)16-11-9-15(10-12-16)7-3-4-8-15/h1-2,5-6H,3-4,7-12H2. The van der Waals surface area contributed by atoms with Crippen molar-refractivity contribution in [3.8, 4) is 0 Å². The Morgan fingerprint density at radius 2 is 1.68 bits per heavy atom. The number of nitro groups is 1.